The van der Waals surface area contributed by atoms with E-state index in [0.717, 1.165) is 12.1 Å². The molecule has 1 saturated carbocycles. The number of benzene rings is 1. The molecule has 2 nitrogen and oxygen atoms in total. The molecule has 0 radical (unpaired) electrons. The molecule has 2 heteroatoms. The number of para-hydroxylation sites is 1. The predicted molar refractivity (Wildman–Crippen MR) is 69.3 cm³/mol. The van der Waals surface area contributed by atoms with Gasteiger partial charge >= 0.3 is 0 Å². The molecule has 0 spiro atoms. The van der Waals surface area contributed by atoms with E-state index in [0.29, 0.717) is 12.0 Å². The molecule has 3 rings (SSSR count). The van der Waals surface area contributed by atoms with Crippen LogP contribution in [0.5, 0.6) is 0 Å². The molecule has 1 aliphatic carbocycles. The third-order valence-electron chi connectivity index (χ3n) is 3.94. The Morgan fingerprint density at radius 1 is 1.18 bits per heavy atom. The van der Waals surface area contributed by atoms with Crippen molar-refractivity contribution in [3.05, 3.63) is 35.9 Å². The summed E-state index contributed by atoms with van der Waals surface area (Å²) in [7, 11) is 0. The summed E-state index contributed by atoms with van der Waals surface area (Å²) in [5.74, 6) is 0.538. The Morgan fingerprint density at radius 2 is 2.00 bits per heavy atom. The zero-order chi connectivity index (χ0) is 11.7. The van der Waals surface area contributed by atoms with Gasteiger partial charge in [-0.05, 0) is 30.4 Å². The Balaban J connectivity index is 2.08. The summed E-state index contributed by atoms with van der Waals surface area (Å²) in [6.07, 6.45) is 11.8. The molecule has 1 fully saturated rings. The number of nitrogens with zero attached hydrogens (tertiary/aromatic N) is 2. The van der Waals surface area contributed by atoms with Gasteiger partial charge in [-0.15, -0.1) is 0 Å². The lowest BCUT2D eigenvalue weighted by atomic mass is 9.84. The molecule has 2 unspecified atom stereocenters. The van der Waals surface area contributed by atoms with Crippen LogP contribution in [0.25, 0.3) is 6.08 Å². The van der Waals surface area contributed by atoms with E-state index in [1.165, 1.54) is 24.8 Å². The van der Waals surface area contributed by atoms with E-state index < -0.39 is 0 Å². The second kappa shape index (κ2) is 4.25. The minimum absolute atomic E-state index is 0.369. The largest absolute Gasteiger partial charge is 0.275 e. The summed E-state index contributed by atoms with van der Waals surface area (Å²) < 4.78 is 0. The van der Waals surface area contributed by atoms with Crippen molar-refractivity contribution >= 4 is 11.8 Å². The van der Waals surface area contributed by atoms with Crippen LogP contribution >= 0.6 is 0 Å². The fourth-order valence-electron chi connectivity index (χ4n) is 3.07. The van der Waals surface area contributed by atoms with Crippen LogP contribution in [-0.4, -0.2) is 6.04 Å². The van der Waals surface area contributed by atoms with Gasteiger partial charge in [0.05, 0.1) is 11.7 Å². The standard InChI is InChI=1S/C15H16N2/c16-11-17-14-7-3-1-5-12(14)9-10-13-6-2-4-8-15(13)17/h1,3,5,7,9-10,13,15H,2,4,6,8H2. The third kappa shape index (κ3) is 1.72. The first-order chi connectivity index (χ1) is 8.40. The van der Waals surface area contributed by atoms with Gasteiger partial charge in [0.1, 0.15) is 0 Å². The number of hydrogen-bond donors (Lipinski definition) is 0. The molecule has 0 saturated heterocycles. The molecule has 1 aromatic rings. The van der Waals surface area contributed by atoms with Crippen molar-refractivity contribution in [3.8, 4) is 6.19 Å². The maximum Gasteiger partial charge on any atom is 0.184 e. The lowest BCUT2D eigenvalue weighted by Crippen LogP contribution is -2.38. The van der Waals surface area contributed by atoms with Crippen LogP contribution in [-0.2, 0) is 0 Å². The lowest BCUT2D eigenvalue weighted by molar-refractivity contribution is 0.361. The minimum Gasteiger partial charge on any atom is -0.275 e. The average molecular weight is 224 g/mol. The van der Waals surface area contributed by atoms with Crippen molar-refractivity contribution in [1.29, 1.82) is 5.26 Å². The predicted octanol–water partition coefficient (Wildman–Crippen LogP) is 3.56. The molecule has 0 aromatic heterocycles. The van der Waals surface area contributed by atoms with Crippen LogP contribution in [0, 0.1) is 17.4 Å². The highest BCUT2D eigenvalue weighted by Gasteiger charge is 2.31. The molecule has 86 valence electrons. The number of anilines is 1. The molecule has 1 heterocycles. The van der Waals surface area contributed by atoms with Gasteiger partial charge in [-0.2, -0.15) is 5.26 Å². The van der Waals surface area contributed by atoms with Gasteiger partial charge in [-0.25, -0.2) is 0 Å². The first kappa shape index (κ1) is 10.4. The normalized spacial score (nSPS) is 26.6. The highest BCUT2D eigenvalue weighted by atomic mass is 15.2. The fraction of sp³-hybridized carbons (Fsp3) is 0.400. The van der Waals surface area contributed by atoms with Gasteiger partial charge in [0.2, 0.25) is 0 Å². The van der Waals surface area contributed by atoms with Crippen LogP contribution in [0.4, 0.5) is 5.69 Å². The van der Waals surface area contributed by atoms with Gasteiger partial charge < -0.3 is 0 Å². The monoisotopic (exact) mass is 224 g/mol. The zero-order valence-corrected chi connectivity index (χ0v) is 9.84. The Labute approximate surface area is 102 Å². The van der Waals surface area contributed by atoms with Crippen LogP contribution in [0.15, 0.2) is 30.3 Å². The van der Waals surface area contributed by atoms with E-state index in [1.54, 1.807) is 0 Å². The van der Waals surface area contributed by atoms with E-state index in [9.17, 15) is 5.26 Å². The molecule has 2 aliphatic rings. The molecule has 17 heavy (non-hydrogen) atoms. The third-order valence-corrected chi connectivity index (χ3v) is 3.94. The summed E-state index contributed by atoms with van der Waals surface area (Å²) in [6, 6.07) is 8.56. The second-order valence-corrected chi connectivity index (χ2v) is 4.90. The van der Waals surface area contributed by atoms with Gasteiger partial charge in [-0.1, -0.05) is 43.2 Å². The van der Waals surface area contributed by atoms with Crippen molar-refractivity contribution in [2.45, 2.75) is 31.7 Å². The smallest absolute Gasteiger partial charge is 0.184 e. The van der Waals surface area contributed by atoms with Gasteiger partial charge in [0.15, 0.2) is 6.19 Å². The average Bonchev–Trinajstić information content (AvgIpc) is 2.55. The molecule has 0 amide bonds. The summed E-state index contributed by atoms with van der Waals surface area (Å²) in [5, 5.41) is 9.45. The number of hydrogen-bond acceptors (Lipinski definition) is 2. The SMILES string of the molecule is N#CN1c2ccccc2C=CC2CCCCC21. The van der Waals surface area contributed by atoms with Gasteiger partial charge in [-0.3, -0.25) is 4.90 Å². The Kier molecular flexibility index (Phi) is 2.60. The highest BCUT2D eigenvalue weighted by Crippen LogP contribution is 2.37. The van der Waals surface area contributed by atoms with Crippen molar-refractivity contribution in [1.82, 2.24) is 0 Å². The topological polar surface area (TPSA) is 27.0 Å². The zero-order valence-electron chi connectivity index (χ0n) is 9.84. The summed E-state index contributed by atoms with van der Waals surface area (Å²) in [4.78, 5) is 1.93. The van der Waals surface area contributed by atoms with E-state index in [-0.39, 0.29) is 0 Å². The molecular formula is C15H16N2. The molecular weight excluding hydrogens is 208 g/mol. The fourth-order valence-corrected chi connectivity index (χ4v) is 3.07. The van der Waals surface area contributed by atoms with Crippen molar-refractivity contribution < 1.29 is 0 Å². The minimum atomic E-state index is 0.369. The van der Waals surface area contributed by atoms with E-state index in [2.05, 4.69) is 30.5 Å². The van der Waals surface area contributed by atoms with Crippen LogP contribution < -0.4 is 4.90 Å². The lowest BCUT2D eigenvalue weighted by Gasteiger charge is -2.34. The molecule has 2 atom stereocenters. The summed E-state index contributed by atoms with van der Waals surface area (Å²) in [6.45, 7) is 0. The van der Waals surface area contributed by atoms with Gasteiger partial charge in [0, 0.05) is 0 Å². The van der Waals surface area contributed by atoms with E-state index in [1.807, 2.05) is 17.0 Å². The number of rotatable bonds is 0. The Hall–Kier alpha value is -1.75. The maximum atomic E-state index is 9.45. The number of nitriles is 1. The first-order valence-corrected chi connectivity index (χ1v) is 6.36. The van der Waals surface area contributed by atoms with Crippen LogP contribution in [0.1, 0.15) is 31.2 Å². The number of fused-ring (bicyclic) bond motifs is 2. The molecule has 1 aromatic carbocycles. The Bertz CT molecular complexity index is 484. The van der Waals surface area contributed by atoms with Crippen LogP contribution in [0.3, 0.4) is 0 Å². The first-order valence-electron chi connectivity index (χ1n) is 6.36. The quantitative estimate of drug-likeness (QED) is 0.630. The highest BCUT2D eigenvalue weighted by molar-refractivity contribution is 5.71. The van der Waals surface area contributed by atoms with Crippen molar-refractivity contribution in [2.24, 2.45) is 5.92 Å². The van der Waals surface area contributed by atoms with Gasteiger partial charge in [0.25, 0.3) is 0 Å². The summed E-state index contributed by atoms with van der Waals surface area (Å²) in [5.41, 5.74) is 2.24. The molecule has 1 aliphatic heterocycles. The Morgan fingerprint density at radius 3 is 2.88 bits per heavy atom. The van der Waals surface area contributed by atoms with Crippen LogP contribution in [0.2, 0.25) is 0 Å². The van der Waals surface area contributed by atoms with E-state index in [4.69, 9.17) is 0 Å². The van der Waals surface area contributed by atoms with Crippen molar-refractivity contribution in [3.63, 3.8) is 0 Å². The van der Waals surface area contributed by atoms with E-state index >= 15 is 0 Å². The van der Waals surface area contributed by atoms with Crippen molar-refractivity contribution in [2.75, 3.05) is 4.90 Å². The second-order valence-electron chi connectivity index (χ2n) is 4.90. The maximum absolute atomic E-state index is 9.45. The molecule has 0 bridgehead atoms. The molecule has 0 N–H and O–H groups in total. The summed E-state index contributed by atoms with van der Waals surface area (Å²) >= 11 is 0.